The minimum atomic E-state index is -0.108. The third kappa shape index (κ3) is 4.92. The van der Waals surface area contributed by atoms with Gasteiger partial charge in [0.15, 0.2) is 0 Å². The number of hydrogen-bond donors (Lipinski definition) is 0. The number of methoxy groups -OCH3 is 3. The maximum atomic E-state index is 12.9. The van der Waals surface area contributed by atoms with E-state index in [9.17, 15) is 9.59 Å². The van der Waals surface area contributed by atoms with E-state index >= 15 is 0 Å². The molecule has 0 aliphatic carbocycles. The van der Waals surface area contributed by atoms with Crippen LogP contribution in [0.4, 0.5) is 0 Å². The second kappa shape index (κ2) is 9.82. The van der Waals surface area contributed by atoms with Gasteiger partial charge in [0.2, 0.25) is 5.91 Å². The fourth-order valence-corrected chi connectivity index (χ4v) is 3.31. The summed E-state index contributed by atoms with van der Waals surface area (Å²) in [6.45, 7) is 1.88. The van der Waals surface area contributed by atoms with Crippen LogP contribution in [0.1, 0.15) is 15.9 Å². The number of nitrogens with zero attached hydrogens (tertiary/aromatic N) is 2. The van der Waals surface area contributed by atoms with E-state index in [1.165, 1.54) is 0 Å². The number of ether oxygens (including phenoxy) is 3. The molecule has 0 spiro atoms. The quantitative estimate of drug-likeness (QED) is 0.685. The maximum Gasteiger partial charge on any atom is 0.254 e. The predicted molar refractivity (Wildman–Crippen MR) is 114 cm³/mol. The van der Waals surface area contributed by atoms with Gasteiger partial charge < -0.3 is 24.0 Å². The Hall–Kier alpha value is -3.48. The number of piperazine rings is 1. The molecule has 2 aromatic carbocycles. The highest BCUT2D eigenvalue weighted by Crippen LogP contribution is 2.24. The molecule has 3 rings (SSSR count). The molecule has 7 nitrogen and oxygen atoms in total. The second-order valence-electron chi connectivity index (χ2n) is 6.79. The zero-order valence-electron chi connectivity index (χ0n) is 17.5. The van der Waals surface area contributed by atoms with Crippen molar-refractivity contribution in [1.29, 1.82) is 0 Å². The van der Waals surface area contributed by atoms with Crippen LogP contribution >= 0.6 is 0 Å². The Bertz CT molecular complexity index is 911. The second-order valence-corrected chi connectivity index (χ2v) is 6.79. The first-order chi connectivity index (χ1) is 14.5. The van der Waals surface area contributed by atoms with Crippen LogP contribution in [0.15, 0.2) is 48.5 Å². The lowest BCUT2D eigenvalue weighted by molar-refractivity contribution is -0.127. The largest absolute Gasteiger partial charge is 0.497 e. The van der Waals surface area contributed by atoms with Crippen molar-refractivity contribution in [2.24, 2.45) is 0 Å². The molecule has 1 aliphatic heterocycles. The minimum absolute atomic E-state index is 0.0870. The van der Waals surface area contributed by atoms with Crippen LogP contribution in [0.3, 0.4) is 0 Å². The average Bonchev–Trinajstić information content (AvgIpc) is 2.81. The topological polar surface area (TPSA) is 68.3 Å². The minimum Gasteiger partial charge on any atom is -0.497 e. The van der Waals surface area contributed by atoms with Crippen LogP contribution < -0.4 is 14.2 Å². The van der Waals surface area contributed by atoms with Gasteiger partial charge in [0.25, 0.3) is 5.91 Å². The Kier molecular flexibility index (Phi) is 6.95. The standard InChI is InChI=1S/C23H26N2O5/c1-28-19-14-18(15-20(16-19)29-2)23(27)25-12-10-24(11-13-25)22(26)9-8-17-6-4-5-7-21(17)30-3/h4-9,14-16H,10-13H2,1-3H3/b9-8+. The molecule has 30 heavy (non-hydrogen) atoms. The van der Waals surface area contributed by atoms with Gasteiger partial charge in [-0.15, -0.1) is 0 Å². The summed E-state index contributed by atoms with van der Waals surface area (Å²) >= 11 is 0. The highest BCUT2D eigenvalue weighted by Gasteiger charge is 2.24. The SMILES string of the molecule is COc1cc(OC)cc(C(=O)N2CCN(C(=O)/C=C/c3ccccc3OC)CC2)c1. The zero-order chi connectivity index (χ0) is 21.5. The van der Waals surface area contributed by atoms with E-state index in [2.05, 4.69) is 0 Å². The van der Waals surface area contributed by atoms with Crippen molar-refractivity contribution in [1.82, 2.24) is 9.80 Å². The summed E-state index contributed by atoms with van der Waals surface area (Å²) in [5.41, 5.74) is 1.34. The Labute approximate surface area is 176 Å². The van der Waals surface area contributed by atoms with E-state index in [0.717, 1.165) is 5.56 Å². The lowest BCUT2D eigenvalue weighted by atomic mass is 10.1. The Morgan fingerprint density at radius 1 is 0.833 bits per heavy atom. The van der Waals surface area contributed by atoms with Gasteiger partial charge in [-0.25, -0.2) is 0 Å². The summed E-state index contributed by atoms with van der Waals surface area (Å²) in [7, 11) is 4.70. The number of hydrogen-bond acceptors (Lipinski definition) is 5. The van der Waals surface area contributed by atoms with Gasteiger partial charge >= 0.3 is 0 Å². The van der Waals surface area contributed by atoms with Crippen molar-refractivity contribution in [2.75, 3.05) is 47.5 Å². The number of rotatable bonds is 6. The molecule has 1 heterocycles. The molecule has 0 atom stereocenters. The molecular weight excluding hydrogens is 384 g/mol. The van der Waals surface area contributed by atoms with E-state index in [4.69, 9.17) is 14.2 Å². The first kappa shape index (κ1) is 21.2. The van der Waals surface area contributed by atoms with Gasteiger partial charge in [-0.1, -0.05) is 18.2 Å². The number of para-hydroxylation sites is 1. The van der Waals surface area contributed by atoms with Crippen molar-refractivity contribution >= 4 is 17.9 Å². The van der Waals surface area contributed by atoms with Crippen LogP contribution in [0.25, 0.3) is 6.08 Å². The number of carbonyl (C=O) groups is 2. The van der Waals surface area contributed by atoms with E-state index in [1.807, 2.05) is 24.3 Å². The molecule has 1 fully saturated rings. The van der Waals surface area contributed by atoms with Crippen molar-refractivity contribution < 1.29 is 23.8 Å². The molecule has 158 valence electrons. The van der Waals surface area contributed by atoms with Gasteiger partial charge in [-0.05, 0) is 24.3 Å². The highest BCUT2D eigenvalue weighted by molar-refractivity contribution is 5.96. The van der Waals surface area contributed by atoms with E-state index in [1.54, 1.807) is 61.5 Å². The molecule has 1 aliphatic rings. The highest BCUT2D eigenvalue weighted by atomic mass is 16.5. The van der Waals surface area contributed by atoms with E-state index in [-0.39, 0.29) is 11.8 Å². The molecule has 0 unspecified atom stereocenters. The summed E-state index contributed by atoms with van der Waals surface area (Å²) in [4.78, 5) is 28.9. The molecule has 0 bridgehead atoms. The number of carbonyl (C=O) groups excluding carboxylic acids is 2. The normalized spacial score (nSPS) is 14.0. The molecular formula is C23H26N2O5. The molecule has 0 radical (unpaired) electrons. The number of benzene rings is 2. The molecule has 2 aromatic rings. The van der Waals surface area contributed by atoms with Crippen molar-refractivity contribution in [3.8, 4) is 17.2 Å². The lowest BCUT2D eigenvalue weighted by Gasteiger charge is -2.34. The third-order valence-corrected chi connectivity index (χ3v) is 5.02. The van der Waals surface area contributed by atoms with Gasteiger partial charge in [0.05, 0.1) is 21.3 Å². The summed E-state index contributed by atoms with van der Waals surface area (Å²) < 4.78 is 15.8. The van der Waals surface area contributed by atoms with Crippen molar-refractivity contribution in [2.45, 2.75) is 0 Å². The van der Waals surface area contributed by atoms with Crippen LogP contribution in [-0.4, -0.2) is 69.1 Å². The summed E-state index contributed by atoms with van der Waals surface area (Å²) in [5, 5.41) is 0. The fourth-order valence-electron chi connectivity index (χ4n) is 3.31. The first-order valence-corrected chi connectivity index (χ1v) is 9.68. The van der Waals surface area contributed by atoms with Gasteiger partial charge in [-0.3, -0.25) is 9.59 Å². The molecule has 7 heteroatoms. The zero-order valence-corrected chi connectivity index (χ0v) is 17.5. The Morgan fingerprint density at radius 3 is 2.03 bits per heavy atom. The Morgan fingerprint density at radius 2 is 1.43 bits per heavy atom. The molecule has 0 saturated carbocycles. The van der Waals surface area contributed by atoms with Crippen LogP contribution in [0, 0.1) is 0 Å². The van der Waals surface area contributed by atoms with E-state index in [0.29, 0.717) is 49.0 Å². The molecule has 1 saturated heterocycles. The summed E-state index contributed by atoms with van der Waals surface area (Å²) in [6.07, 6.45) is 3.30. The fraction of sp³-hybridized carbons (Fsp3) is 0.304. The average molecular weight is 410 g/mol. The predicted octanol–water partition coefficient (Wildman–Crippen LogP) is 2.71. The van der Waals surface area contributed by atoms with Crippen LogP contribution in [0.2, 0.25) is 0 Å². The van der Waals surface area contributed by atoms with Gasteiger partial charge in [0, 0.05) is 49.4 Å². The maximum absolute atomic E-state index is 12.9. The molecule has 0 N–H and O–H groups in total. The van der Waals surface area contributed by atoms with Crippen molar-refractivity contribution in [3.05, 3.63) is 59.7 Å². The van der Waals surface area contributed by atoms with Crippen molar-refractivity contribution in [3.63, 3.8) is 0 Å². The molecule has 0 aromatic heterocycles. The third-order valence-electron chi connectivity index (χ3n) is 5.02. The lowest BCUT2D eigenvalue weighted by Crippen LogP contribution is -2.50. The molecule has 2 amide bonds. The van der Waals surface area contributed by atoms with Gasteiger partial charge in [-0.2, -0.15) is 0 Å². The first-order valence-electron chi connectivity index (χ1n) is 9.68. The van der Waals surface area contributed by atoms with Gasteiger partial charge in [0.1, 0.15) is 17.2 Å². The summed E-state index contributed by atoms with van der Waals surface area (Å²) in [5.74, 6) is 1.64. The van der Waals surface area contributed by atoms with Crippen LogP contribution in [-0.2, 0) is 4.79 Å². The summed E-state index contributed by atoms with van der Waals surface area (Å²) in [6, 6.07) is 12.6. The number of amides is 2. The van der Waals surface area contributed by atoms with E-state index < -0.39 is 0 Å². The monoisotopic (exact) mass is 410 g/mol. The Balaban J connectivity index is 1.61. The van der Waals surface area contributed by atoms with Crippen LogP contribution in [0.5, 0.6) is 17.2 Å². The smallest absolute Gasteiger partial charge is 0.254 e.